The summed E-state index contributed by atoms with van der Waals surface area (Å²) >= 11 is 0. The largest absolute Gasteiger partial charge is 0.480 e. The van der Waals surface area contributed by atoms with Gasteiger partial charge in [0, 0.05) is 0 Å². The first kappa shape index (κ1) is 17.3. The zero-order valence-electron chi connectivity index (χ0n) is 12.4. The van der Waals surface area contributed by atoms with Crippen molar-refractivity contribution in [2.45, 2.75) is 51.0 Å². The summed E-state index contributed by atoms with van der Waals surface area (Å²) in [7, 11) is 1.66. The second-order valence-corrected chi connectivity index (χ2v) is 5.73. The minimum Gasteiger partial charge on any atom is -0.480 e. The monoisotopic (exact) mass is 292 g/mol. The van der Waals surface area contributed by atoms with Gasteiger partial charge in [-0.15, -0.1) is 0 Å². The Kier molecular flexibility index (Phi) is 6.82. The Balaban J connectivity index is 2.59. The summed E-state index contributed by atoms with van der Waals surface area (Å²) < 4.78 is 24.6. The van der Waals surface area contributed by atoms with Crippen LogP contribution in [0.1, 0.15) is 39.0 Å². The molecule has 118 valence electrons. The lowest BCUT2D eigenvalue weighted by Gasteiger charge is -2.33. The Labute approximate surface area is 119 Å². The Hall–Kier alpha value is -0.750. The molecule has 2 N–H and O–H groups in total. The molecule has 0 radical (unpaired) electrons. The van der Waals surface area contributed by atoms with E-state index in [9.17, 15) is 18.7 Å². The lowest BCUT2D eigenvalue weighted by atomic mass is 9.84. The summed E-state index contributed by atoms with van der Waals surface area (Å²) in [4.78, 5) is 13.2. The van der Waals surface area contributed by atoms with Gasteiger partial charge in [0.25, 0.3) is 6.43 Å². The van der Waals surface area contributed by atoms with E-state index in [-0.39, 0.29) is 12.5 Å². The summed E-state index contributed by atoms with van der Waals surface area (Å²) in [6.07, 6.45) is 1.55. The molecular weight excluding hydrogens is 266 g/mol. The van der Waals surface area contributed by atoms with Crippen molar-refractivity contribution >= 4 is 5.97 Å². The highest BCUT2D eigenvalue weighted by atomic mass is 19.3. The Morgan fingerprint density at radius 2 is 2.25 bits per heavy atom. The van der Waals surface area contributed by atoms with Gasteiger partial charge in [0.2, 0.25) is 0 Å². The molecule has 20 heavy (non-hydrogen) atoms. The molecule has 1 fully saturated rings. The van der Waals surface area contributed by atoms with E-state index in [0.29, 0.717) is 25.9 Å². The Bertz CT molecular complexity index is 316. The van der Waals surface area contributed by atoms with Crippen molar-refractivity contribution in [2.24, 2.45) is 5.92 Å². The first-order valence-electron chi connectivity index (χ1n) is 7.37. The van der Waals surface area contributed by atoms with Crippen LogP contribution < -0.4 is 5.32 Å². The lowest BCUT2D eigenvalue weighted by Crippen LogP contribution is -2.55. The number of carbonyl (C=O) groups is 1. The summed E-state index contributed by atoms with van der Waals surface area (Å²) in [6, 6.07) is 0. The molecule has 0 amide bonds. The Morgan fingerprint density at radius 1 is 1.55 bits per heavy atom. The van der Waals surface area contributed by atoms with Crippen LogP contribution in [0.2, 0.25) is 0 Å². The van der Waals surface area contributed by atoms with Gasteiger partial charge in [-0.3, -0.25) is 4.79 Å². The maximum atomic E-state index is 12.3. The normalized spacial score (nSPS) is 26.6. The summed E-state index contributed by atoms with van der Waals surface area (Å²) in [6.45, 7) is 2.94. The van der Waals surface area contributed by atoms with Gasteiger partial charge in [0.05, 0.1) is 6.54 Å². The van der Waals surface area contributed by atoms with E-state index in [1.54, 1.807) is 11.9 Å². The van der Waals surface area contributed by atoms with Crippen LogP contribution >= 0.6 is 0 Å². The zero-order chi connectivity index (χ0) is 15.2. The predicted molar refractivity (Wildman–Crippen MR) is 74.1 cm³/mol. The number of halogens is 2. The first-order chi connectivity index (χ1) is 9.42. The fourth-order valence-electron chi connectivity index (χ4n) is 3.11. The summed E-state index contributed by atoms with van der Waals surface area (Å²) in [5, 5.41) is 12.8. The van der Waals surface area contributed by atoms with Gasteiger partial charge in [0.15, 0.2) is 0 Å². The molecular formula is C14H26F2N2O2. The molecule has 0 aliphatic heterocycles. The number of aliphatic carboxylic acids is 1. The molecule has 2 unspecified atom stereocenters. The molecule has 0 spiro atoms. The SMILES string of the molecule is CCCNC1(C(=O)O)CCCC1CCN(C)CC(F)F. The van der Waals surface area contributed by atoms with Gasteiger partial charge < -0.3 is 15.3 Å². The smallest absolute Gasteiger partial charge is 0.324 e. The molecule has 2 atom stereocenters. The van der Waals surface area contributed by atoms with Crippen molar-refractivity contribution in [3.63, 3.8) is 0 Å². The fourth-order valence-corrected chi connectivity index (χ4v) is 3.11. The third-order valence-corrected chi connectivity index (χ3v) is 4.20. The lowest BCUT2D eigenvalue weighted by molar-refractivity contribution is -0.146. The van der Waals surface area contributed by atoms with E-state index in [2.05, 4.69) is 5.32 Å². The van der Waals surface area contributed by atoms with Crippen molar-refractivity contribution in [3.8, 4) is 0 Å². The molecule has 1 aliphatic rings. The second kappa shape index (κ2) is 7.88. The average molecular weight is 292 g/mol. The maximum Gasteiger partial charge on any atom is 0.324 e. The van der Waals surface area contributed by atoms with Crippen LogP contribution in [-0.2, 0) is 4.79 Å². The van der Waals surface area contributed by atoms with E-state index >= 15 is 0 Å². The maximum absolute atomic E-state index is 12.3. The van der Waals surface area contributed by atoms with E-state index < -0.39 is 17.9 Å². The molecule has 1 rings (SSSR count). The third kappa shape index (κ3) is 4.38. The van der Waals surface area contributed by atoms with Gasteiger partial charge in [-0.2, -0.15) is 0 Å². The van der Waals surface area contributed by atoms with E-state index in [4.69, 9.17) is 0 Å². The quantitative estimate of drug-likeness (QED) is 0.684. The first-order valence-corrected chi connectivity index (χ1v) is 7.37. The van der Waals surface area contributed by atoms with Crippen LogP contribution in [0.15, 0.2) is 0 Å². The highest BCUT2D eigenvalue weighted by molar-refractivity contribution is 5.79. The van der Waals surface area contributed by atoms with Crippen molar-refractivity contribution in [1.82, 2.24) is 10.2 Å². The summed E-state index contributed by atoms with van der Waals surface area (Å²) in [5.74, 6) is -0.781. The van der Waals surface area contributed by atoms with Gasteiger partial charge in [-0.25, -0.2) is 8.78 Å². The molecule has 0 aromatic rings. The number of rotatable bonds is 9. The standard InChI is InChI=1S/C14H26F2N2O2/c1-3-8-17-14(13(19)20)7-4-5-11(14)6-9-18(2)10-12(15)16/h11-12,17H,3-10H2,1-2H3,(H,19,20). The number of carboxylic acids is 1. The van der Waals surface area contributed by atoms with E-state index in [1.165, 1.54) is 0 Å². The highest BCUT2D eigenvalue weighted by Gasteiger charge is 2.48. The van der Waals surface area contributed by atoms with Crippen LogP contribution in [0.4, 0.5) is 8.78 Å². The highest BCUT2D eigenvalue weighted by Crippen LogP contribution is 2.38. The molecule has 1 aliphatic carbocycles. The molecule has 0 bridgehead atoms. The topological polar surface area (TPSA) is 52.6 Å². The predicted octanol–water partition coefficient (Wildman–Crippen LogP) is 2.20. The Morgan fingerprint density at radius 3 is 2.80 bits per heavy atom. The zero-order valence-corrected chi connectivity index (χ0v) is 12.4. The van der Waals surface area contributed by atoms with Gasteiger partial charge in [-0.05, 0) is 51.7 Å². The molecule has 0 aromatic carbocycles. The number of hydrogen-bond donors (Lipinski definition) is 2. The number of alkyl halides is 2. The molecule has 0 saturated heterocycles. The molecule has 4 nitrogen and oxygen atoms in total. The number of carboxylic acid groups (broad SMARTS) is 1. The van der Waals surface area contributed by atoms with Crippen molar-refractivity contribution in [2.75, 3.05) is 26.7 Å². The minimum absolute atomic E-state index is 0.0201. The number of nitrogens with one attached hydrogen (secondary N) is 1. The van der Waals surface area contributed by atoms with E-state index in [1.807, 2.05) is 6.92 Å². The number of nitrogens with zero attached hydrogens (tertiary/aromatic N) is 1. The van der Waals surface area contributed by atoms with Crippen LogP contribution in [0.3, 0.4) is 0 Å². The fraction of sp³-hybridized carbons (Fsp3) is 0.929. The minimum atomic E-state index is -2.34. The molecule has 1 saturated carbocycles. The average Bonchev–Trinajstić information content (AvgIpc) is 2.77. The van der Waals surface area contributed by atoms with Crippen LogP contribution in [0, 0.1) is 5.92 Å². The summed E-state index contributed by atoms with van der Waals surface area (Å²) in [5.41, 5.74) is -0.859. The third-order valence-electron chi connectivity index (χ3n) is 4.20. The van der Waals surface area contributed by atoms with E-state index in [0.717, 1.165) is 19.3 Å². The van der Waals surface area contributed by atoms with Gasteiger partial charge >= 0.3 is 5.97 Å². The molecule has 0 heterocycles. The molecule has 0 aromatic heterocycles. The van der Waals surface area contributed by atoms with Gasteiger partial charge in [-0.1, -0.05) is 13.3 Å². The molecule has 6 heteroatoms. The van der Waals surface area contributed by atoms with Crippen molar-refractivity contribution in [3.05, 3.63) is 0 Å². The van der Waals surface area contributed by atoms with Crippen LogP contribution in [0.25, 0.3) is 0 Å². The van der Waals surface area contributed by atoms with Crippen LogP contribution in [-0.4, -0.2) is 54.6 Å². The second-order valence-electron chi connectivity index (χ2n) is 5.73. The van der Waals surface area contributed by atoms with Crippen LogP contribution in [0.5, 0.6) is 0 Å². The number of hydrogen-bond acceptors (Lipinski definition) is 3. The van der Waals surface area contributed by atoms with Gasteiger partial charge in [0.1, 0.15) is 5.54 Å². The van der Waals surface area contributed by atoms with Crippen molar-refractivity contribution in [1.29, 1.82) is 0 Å². The van der Waals surface area contributed by atoms with Crippen molar-refractivity contribution < 1.29 is 18.7 Å².